The van der Waals surface area contributed by atoms with Crippen LogP contribution in [0.2, 0.25) is 0 Å². The molecule has 0 bridgehead atoms. The van der Waals surface area contributed by atoms with E-state index < -0.39 is 11.6 Å². The Morgan fingerprint density at radius 3 is 2.71 bits per heavy atom. The molecule has 0 saturated carbocycles. The van der Waals surface area contributed by atoms with E-state index in [0.717, 1.165) is 0 Å². The Bertz CT molecular complexity index is 526. The Balaban J connectivity index is 1.75. The monoisotopic (exact) mass is 296 g/mol. The molecule has 0 unspecified atom stereocenters. The fourth-order valence-electron chi connectivity index (χ4n) is 1.99. The van der Waals surface area contributed by atoms with Gasteiger partial charge < -0.3 is 24.5 Å². The third-order valence-electron chi connectivity index (χ3n) is 3.06. The predicted molar refractivity (Wildman–Crippen MR) is 74.1 cm³/mol. The molecule has 116 valence electrons. The number of carbonyl (C=O) groups is 2. The average molecular weight is 296 g/mol. The molecule has 0 aromatic carbocycles. The van der Waals surface area contributed by atoms with Crippen molar-refractivity contribution in [2.24, 2.45) is 0 Å². The summed E-state index contributed by atoms with van der Waals surface area (Å²) in [6, 6.07) is 1.54. The number of carbonyl (C=O) groups excluding carboxylic acids is 1. The first-order valence-electron chi connectivity index (χ1n) is 6.77. The molecule has 1 fully saturated rings. The second kappa shape index (κ2) is 5.77. The number of carboxylic acids is 1. The lowest BCUT2D eigenvalue weighted by Gasteiger charge is -2.40. The van der Waals surface area contributed by atoms with Crippen molar-refractivity contribution in [3.8, 4) is 0 Å². The van der Waals surface area contributed by atoms with Gasteiger partial charge in [-0.05, 0) is 26.8 Å². The number of nitrogens with zero attached hydrogens (tertiary/aromatic N) is 1. The number of hydrogen-bond donors (Lipinski definition) is 2. The summed E-state index contributed by atoms with van der Waals surface area (Å²) in [5.41, 5.74) is -0.342. The zero-order valence-corrected chi connectivity index (χ0v) is 12.4. The predicted octanol–water partition coefficient (Wildman–Crippen LogP) is 1.69. The van der Waals surface area contributed by atoms with E-state index in [1.165, 1.54) is 12.3 Å². The van der Waals surface area contributed by atoms with Crippen LogP contribution in [0.15, 0.2) is 16.7 Å². The van der Waals surface area contributed by atoms with Crippen LogP contribution in [0.25, 0.3) is 0 Å². The molecule has 0 aliphatic carbocycles. The molecule has 1 aromatic rings. The van der Waals surface area contributed by atoms with Crippen molar-refractivity contribution < 1.29 is 23.8 Å². The van der Waals surface area contributed by atoms with Gasteiger partial charge in [0.2, 0.25) is 0 Å². The van der Waals surface area contributed by atoms with Crippen molar-refractivity contribution in [2.75, 3.05) is 13.1 Å². The molecule has 1 amide bonds. The van der Waals surface area contributed by atoms with Crippen LogP contribution in [0, 0.1) is 0 Å². The second-order valence-electron chi connectivity index (χ2n) is 6.03. The molecule has 1 aromatic heterocycles. The summed E-state index contributed by atoms with van der Waals surface area (Å²) in [6.07, 6.45) is 1.03. The highest BCUT2D eigenvalue weighted by molar-refractivity contribution is 5.88. The largest absolute Gasteiger partial charge is 0.478 e. The van der Waals surface area contributed by atoms with E-state index in [1.54, 1.807) is 4.90 Å². The molecule has 7 nitrogen and oxygen atoms in total. The first-order valence-corrected chi connectivity index (χ1v) is 6.77. The van der Waals surface area contributed by atoms with E-state index in [4.69, 9.17) is 14.3 Å². The van der Waals surface area contributed by atoms with E-state index >= 15 is 0 Å². The van der Waals surface area contributed by atoms with Crippen molar-refractivity contribution in [1.82, 2.24) is 10.2 Å². The lowest BCUT2D eigenvalue weighted by Crippen LogP contribution is -2.60. The van der Waals surface area contributed by atoms with Gasteiger partial charge in [-0.1, -0.05) is 0 Å². The van der Waals surface area contributed by atoms with Gasteiger partial charge in [-0.2, -0.15) is 0 Å². The third-order valence-corrected chi connectivity index (χ3v) is 3.06. The van der Waals surface area contributed by atoms with E-state index in [9.17, 15) is 9.59 Å². The Morgan fingerprint density at radius 2 is 2.14 bits per heavy atom. The summed E-state index contributed by atoms with van der Waals surface area (Å²) < 4.78 is 10.4. The van der Waals surface area contributed by atoms with Gasteiger partial charge in [-0.25, -0.2) is 9.59 Å². The number of carboxylic acid groups (broad SMARTS) is 1. The first kappa shape index (κ1) is 15.4. The number of ether oxygens (including phenoxy) is 1. The number of likely N-dealkylation sites (tertiary alicyclic amines) is 1. The molecular weight excluding hydrogens is 276 g/mol. The van der Waals surface area contributed by atoms with Crippen LogP contribution in [-0.2, 0) is 11.3 Å². The van der Waals surface area contributed by atoms with Crippen LogP contribution in [0.4, 0.5) is 4.79 Å². The molecule has 7 heteroatoms. The van der Waals surface area contributed by atoms with E-state index in [2.05, 4.69) is 5.32 Å². The fraction of sp³-hybridized carbons (Fsp3) is 0.571. The van der Waals surface area contributed by atoms with Gasteiger partial charge in [-0.15, -0.1) is 0 Å². The van der Waals surface area contributed by atoms with Crippen LogP contribution >= 0.6 is 0 Å². The highest BCUT2D eigenvalue weighted by Crippen LogP contribution is 2.16. The summed E-state index contributed by atoms with van der Waals surface area (Å²) in [4.78, 5) is 24.3. The Kier molecular flexibility index (Phi) is 4.22. The van der Waals surface area contributed by atoms with Gasteiger partial charge in [-0.3, -0.25) is 0 Å². The fourth-order valence-corrected chi connectivity index (χ4v) is 1.99. The molecule has 1 aliphatic rings. The first-order chi connectivity index (χ1) is 9.76. The van der Waals surface area contributed by atoms with E-state index in [-0.39, 0.29) is 17.7 Å². The molecule has 1 aliphatic heterocycles. The zero-order valence-electron chi connectivity index (χ0n) is 12.4. The quantitative estimate of drug-likeness (QED) is 0.878. The molecule has 0 radical (unpaired) electrons. The topological polar surface area (TPSA) is 92.0 Å². The number of aromatic carboxylic acids is 1. The zero-order chi connectivity index (χ0) is 15.6. The van der Waals surface area contributed by atoms with Gasteiger partial charge in [0.1, 0.15) is 16.9 Å². The molecule has 0 spiro atoms. The molecule has 1 saturated heterocycles. The molecule has 21 heavy (non-hydrogen) atoms. The smallest absolute Gasteiger partial charge is 0.410 e. The number of amides is 1. The van der Waals surface area contributed by atoms with Gasteiger partial charge in [0.05, 0.1) is 12.8 Å². The van der Waals surface area contributed by atoms with Gasteiger partial charge in [0, 0.05) is 19.1 Å². The Labute approximate surface area is 122 Å². The Hall–Kier alpha value is -2.02. The lowest BCUT2D eigenvalue weighted by atomic mass is 10.1. The molecule has 0 atom stereocenters. The maximum absolute atomic E-state index is 11.7. The maximum Gasteiger partial charge on any atom is 0.410 e. The molecule has 2 rings (SSSR count). The van der Waals surface area contributed by atoms with Crippen molar-refractivity contribution in [1.29, 1.82) is 0 Å². The van der Waals surface area contributed by atoms with Crippen molar-refractivity contribution >= 4 is 12.1 Å². The standard InChI is InChI=1S/C14H20N2O5/c1-14(2,3)21-13(19)16-7-9(8-16)15-6-11-10(12(17)18)4-5-20-11/h4-5,9,15H,6-8H2,1-3H3,(H,17,18). The minimum Gasteiger partial charge on any atom is -0.478 e. The summed E-state index contributed by atoms with van der Waals surface area (Å²) in [7, 11) is 0. The molecule has 2 heterocycles. The highest BCUT2D eigenvalue weighted by atomic mass is 16.6. The minimum absolute atomic E-state index is 0.115. The van der Waals surface area contributed by atoms with Crippen molar-refractivity contribution in [2.45, 2.75) is 39.0 Å². The average Bonchev–Trinajstić information content (AvgIpc) is 2.72. The number of hydrogen-bond acceptors (Lipinski definition) is 5. The van der Waals surface area contributed by atoms with Crippen LogP contribution < -0.4 is 5.32 Å². The second-order valence-corrected chi connectivity index (χ2v) is 6.03. The summed E-state index contributed by atoms with van der Waals surface area (Å²) >= 11 is 0. The maximum atomic E-state index is 11.7. The number of nitrogens with one attached hydrogen (secondary N) is 1. The minimum atomic E-state index is -1.01. The Morgan fingerprint density at radius 1 is 1.48 bits per heavy atom. The SMILES string of the molecule is CC(C)(C)OC(=O)N1CC(NCc2occc2C(=O)O)C1. The summed E-state index contributed by atoms with van der Waals surface area (Å²) in [5, 5.41) is 12.1. The van der Waals surface area contributed by atoms with Crippen LogP contribution in [-0.4, -0.2) is 46.8 Å². The van der Waals surface area contributed by atoms with Crippen molar-refractivity contribution in [3.05, 3.63) is 23.7 Å². The molecular formula is C14H20N2O5. The van der Waals surface area contributed by atoms with E-state index in [0.29, 0.717) is 25.4 Å². The van der Waals surface area contributed by atoms with Crippen LogP contribution in [0.1, 0.15) is 36.9 Å². The normalized spacial score (nSPS) is 15.7. The van der Waals surface area contributed by atoms with Crippen LogP contribution in [0.3, 0.4) is 0 Å². The lowest BCUT2D eigenvalue weighted by molar-refractivity contribution is 0.00505. The third kappa shape index (κ3) is 3.98. The van der Waals surface area contributed by atoms with E-state index in [1.807, 2.05) is 20.8 Å². The summed E-state index contributed by atoms with van der Waals surface area (Å²) in [6.45, 7) is 6.87. The molecule has 2 N–H and O–H groups in total. The van der Waals surface area contributed by atoms with Gasteiger partial charge >= 0.3 is 12.1 Å². The van der Waals surface area contributed by atoms with Gasteiger partial charge in [0.25, 0.3) is 0 Å². The van der Waals surface area contributed by atoms with Gasteiger partial charge in [0.15, 0.2) is 0 Å². The number of furan rings is 1. The van der Waals surface area contributed by atoms with Crippen molar-refractivity contribution in [3.63, 3.8) is 0 Å². The highest BCUT2D eigenvalue weighted by Gasteiger charge is 2.33. The van der Waals surface area contributed by atoms with Crippen LogP contribution in [0.5, 0.6) is 0 Å². The number of rotatable bonds is 4. The summed E-state index contributed by atoms with van der Waals surface area (Å²) in [5.74, 6) is -0.622.